The largest absolute Gasteiger partial charge is 0.392 e. The Morgan fingerprint density at radius 3 is 2.48 bits per heavy atom. The lowest BCUT2D eigenvalue weighted by Gasteiger charge is -2.12. The van der Waals surface area contributed by atoms with Gasteiger partial charge in [-0.1, -0.05) is 42.5 Å². The summed E-state index contributed by atoms with van der Waals surface area (Å²) in [6.45, 7) is 2.20. The van der Waals surface area contributed by atoms with Gasteiger partial charge >= 0.3 is 0 Å². The molecular weight excluding hydrogens is 262 g/mol. The summed E-state index contributed by atoms with van der Waals surface area (Å²) in [7, 11) is 0. The lowest BCUT2D eigenvalue weighted by atomic mass is 10.2. The molecule has 0 radical (unpaired) electrons. The Labute approximate surface area is 123 Å². The highest BCUT2D eigenvalue weighted by molar-refractivity contribution is 5.90. The number of para-hydroxylation sites is 1. The summed E-state index contributed by atoms with van der Waals surface area (Å²) in [4.78, 5) is 9.23. The summed E-state index contributed by atoms with van der Waals surface area (Å²) >= 11 is 0. The van der Waals surface area contributed by atoms with Gasteiger partial charge in [0.1, 0.15) is 5.82 Å². The molecular formula is C17H17N3O. The first kappa shape index (κ1) is 13.5. The summed E-state index contributed by atoms with van der Waals surface area (Å²) < 4.78 is 0. The minimum atomic E-state index is -0.432. The van der Waals surface area contributed by atoms with Crippen LogP contribution in [-0.2, 0) is 0 Å². The Bertz CT molecular complexity index is 741. The number of aliphatic hydroxyl groups excluding tert-OH is 1. The van der Waals surface area contributed by atoms with E-state index >= 15 is 0 Å². The standard InChI is InChI=1S/C17H17N3O/c1-12(21)11-18-17-14-9-5-6-10-15(14)19-16(20-17)13-7-3-2-4-8-13/h2-10,12,21H,11H2,1H3,(H,18,19,20). The van der Waals surface area contributed by atoms with Crippen LogP contribution in [0.15, 0.2) is 54.6 Å². The van der Waals surface area contributed by atoms with Crippen molar-refractivity contribution in [3.63, 3.8) is 0 Å². The highest BCUT2D eigenvalue weighted by atomic mass is 16.3. The fourth-order valence-corrected chi connectivity index (χ4v) is 2.17. The first-order valence-corrected chi connectivity index (χ1v) is 6.98. The summed E-state index contributed by atoms with van der Waals surface area (Å²) in [5.74, 6) is 1.43. The molecule has 3 rings (SSSR count). The first-order chi connectivity index (χ1) is 10.2. The number of anilines is 1. The third kappa shape index (κ3) is 3.01. The van der Waals surface area contributed by atoms with E-state index in [-0.39, 0.29) is 0 Å². The Hall–Kier alpha value is -2.46. The number of aliphatic hydroxyl groups is 1. The third-order valence-corrected chi connectivity index (χ3v) is 3.20. The number of rotatable bonds is 4. The van der Waals surface area contributed by atoms with Crippen molar-refractivity contribution in [3.05, 3.63) is 54.6 Å². The van der Waals surface area contributed by atoms with Gasteiger partial charge in [-0.2, -0.15) is 0 Å². The second-order valence-electron chi connectivity index (χ2n) is 5.01. The van der Waals surface area contributed by atoms with Crippen molar-refractivity contribution in [1.29, 1.82) is 0 Å². The maximum absolute atomic E-state index is 9.47. The molecule has 0 aliphatic carbocycles. The molecule has 1 unspecified atom stereocenters. The molecule has 0 amide bonds. The molecule has 3 aromatic rings. The minimum absolute atomic E-state index is 0.432. The van der Waals surface area contributed by atoms with Gasteiger partial charge in [0.05, 0.1) is 11.6 Å². The second-order valence-corrected chi connectivity index (χ2v) is 5.01. The number of benzene rings is 2. The SMILES string of the molecule is CC(O)CNc1nc(-c2ccccc2)nc2ccccc12. The van der Waals surface area contributed by atoms with Crippen LogP contribution in [0.1, 0.15) is 6.92 Å². The van der Waals surface area contributed by atoms with Crippen LogP contribution in [0.5, 0.6) is 0 Å². The van der Waals surface area contributed by atoms with Gasteiger partial charge in [-0.25, -0.2) is 9.97 Å². The lowest BCUT2D eigenvalue weighted by molar-refractivity contribution is 0.208. The summed E-state index contributed by atoms with van der Waals surface area (Å²) in [5, 5.41) is 13.6. The van der Waals surface area contributed by atoms with E-state index in [0.717, 1.165) is 22.3 Å². The van der Waals surface area contributed by atoms with E-state index in [1.807, 2.05) is 54.6 Å². The maximum Gasteiger partial charge on any atom is 0.162 e. The van der Waals surface area contributed by atoms with Gasteiger partial charge in [0.2, 0.25) is 0 Å². The topological polar surface area (TPSA) is 58.0 Å². The van der Waals surface area contributed by atoms with Crippen LogP contribution in [0.3, 0.4) is 0 Å². The molecule has 0 saturated heterocycles. The predicted octanol–water partition coefficient (Wildman–Crippen LogP) is 3.09. The molecule has 1 aromatic heterocycles. The number of nitrogens with one attached hydrogen (secondary N) is 1. The zero-order valence-electron chi connectivity index (χ0n) is 11.8. The van der Waals surface area contributed by atoms with Crippen LogP contribution in [-0.4, -0.2) is 27.7 Å². The van der Waals surface area contributed by atoms with Crippen molar-refractivity contribution in [1.82, 2.24) is 9.97 Å². The Morgan fingerprint density at radius 2 is 1.71 bits per heavy atom. The monoisotopic (exact) mass is 279 g/mol. The molecule has 0 fully saturated rings. The van der Waals surface area contributed by atoms with Crippen molar-refractivity contribution < 1.29 is 5.11 Å². The van der Waals surface area contributed by atoms with Crippen LogP contribution >= 0.6 is 0 Å². The normalized spacial score (nSPS) is 12.3. The Balaban J connectivity index is 2.10. The molecule has 0 aliphatic heterocycles. The van der Waals surface area contributed by atoms with E-state index < -0.39 is 6.10 Å². The van der Waals surface area contributed by atoms with Gasteiger partial charge in [0.25, 0.3) is 0 Å². The van der Waals surface area contributed by atoms with Crippen LogP contribution < -0.4 is 5.32 Å². The molecule has 2 aromatic carbocycles. The summed E-state index contributed by atoms with van der Waals surface area (Å²) in [5.41, 5.74) is 1.86. The average molecular weight is 279 g/mol. The van der Waals surface area contributed by atoms with Crippen molar-refractivity contribution in [2.45, 2.75) is 13.0 Å². The summed E-state index contributed by atoms with van der Waals surface area (Å²) in [6, 6.07) is 17.8. The molecule has 106 valence electrons. The fourth-order valence-electron chi connectivity index (χ4n) is 2.17. The molecule has 0 aliphatic rings. The van der Waals surface area contributed by atoms with Crippen LogP contribution in [0.4, 0.5) is 5.82 Å². The quantitative estimate of drug-likeness (QED) is 0.770. The maximum atomic E-state index is 9.47. The molecule has 0 saturated carbocycles. The second kappa shape index (κ2) is 5.89. The number of nitrogens with zero attached hydrogens (tertiary/aromatic N) is 2. The Kier molecular flexibility index (Phi) is 3.79. The van der Waals surface area contributed by atoms with Crippen molar-refractivity contribution in [2.24, 2.45) is 0 Å². The van der Waals surface area contributed by atoms with Crippen LogP contribution in [0.25, 0.3) is 22.3 Å². The summed E-state index contributed by atoms with van der Waals surface area (Å²) in [6.07, 6.45) is -0.432. The zero-order chi connectivity index (χ0) is 14.7. The van der Waals surface area contributed by atoms with Crippen molar-refractivity contribution in [2.75, 3.05) is 11.9 Å². The molecule has 4 nitrogen and oxygen atoms in total. The number of hydrogen-bond acceptors (Lipinski definition) is 4. The molecule has 0 spiro atoms. The van der Waals surface area contributed by atoms with Crippen molar-refractivity contribution >= 4 is 16.7 Å². The highest BCUT2D eigenvalue weighted by Crippen LogP contribution is 2.24. The van der Waals surface area contributed by atoms with Gasteiger partial charge in [-0.3, -0.25) is 0 Å². The Morgan fingerprint density at radius 1 is 1.00 bits per heavy atom. The number of aromatic nitrogens is 2. The van der Waals surface area contributed by atoms with Crippen LogP contribution in [0, 0.1) is 0 Å². The minimum Gasteiger partial charge on any atom is -0.392 e. The van der Waals surface area contributed by atoms with E-state index in [4.69, 9.17) is 0 Å². The molecule has 2 N–H and O–H groups in total. The first-order valence-electron chi connectivity index (χ1n) is 6.98. The van der Waals surface area contributed by atoms with E-state index in [0.29, 0.717) is 12.4 Å². The van der Waals surface area contributed by atoms with E-state index in [1.54, 1.807) is 6.92 Å². The molecule has 0 bridgehead atoms. The third-order valence-electron chi connectivity index (χ3n) is 3.20. The highest BCUT2D eigenvalue weighted by Gasteiger charge is 2.09. The molecule has 1 heterocycles. The zero-order valence-corrected chi connectivity index (χ0v) is 11.8. The number of fused-ring (bicyclic) bond motifs is 1. The van der Waals surface area contributed by atoms with Gasteiger partial charge < -0.3 is 10.4 Å². The predicted molar refractivity (Wildman–Crippen MR) is 85.1 cm³/mol. The number of hydrogen-bond donors (Lipinski definition) is 2. The van der Waals surface area contributed by atoms with Crippen molar-refractivity contribution in [3.8, 4) is 11.4 Å². The fraction of sp³-hybridized carbons (Fsp3) is 0.176. The van der Waals surface area contributed by atoms with Gasteiger partial charge in [0, 0.05) is 17.5 Å². The van der Waals surface area contributed by atoms with E-state index in [9.17, 15) is 5.11 Å². The smallest absolute Gasteiger partial charge is 0.162 e. The molecule has 21 heavy (non-hydrogen) atoms. The van der Waals surface area contributed by atoms with Gasteiger partial charge in [0.15, 0.2) is 5.82 Å². The lowest BCUT2D eigenvalue weighted by Crippen LogP contribution is -2.16. The van der Waals surface area contributed by atoms with E-state index in [2.05, 4.69) is 15.3 Å². The van der Waals surface area contributed by atoms with Crippen LogP contribution in [0.2, 0.25) is 0 Å². The van der Waals surface area contributed by atoms with E-state index in [1.165, 1.54) is 0 Å². The van der Waals surface area contributed by atoms with Gasteiger partial charge in [-0.05, 0) is 19.1 Å². The molecule has 4 heteroatoms. The average Bonchev–Trinajstić information content (AvgIpc) is 2.53. The molecule has 1 atom stereocenters. The van der Waals surface area contributed by atoms with Gasteiger partial charge in [-0.15, -0.1) is 0 Å².